The number of alkyl carbamates (subject to hydrolysis) is 2. The van der Waals surface area contributed by atoms with Crippen molar-refractivity contribution in [2.45, 2.75) is 129 Å². The fourth-order valence-electron chi connectivity index (χ4n) is 9.40. The molecule has 6 rings (SSSR count). The van der Waals surface area contributed by atoms with Crippen LogP contribution in [0.25, 0.3) is 0 Å². The Morgan fingerprint density at radius 3 is 1.64 bits per heavy atom. The van der Waals surface area contributed by atoms with Crippen molar-refractivity contribution in [1.82, 2.24) is 20.4 Å². The molecule has 0 aromatic heterocycles. The van der Waals surface area contributed by atoms with E-state index in [2.05, 4.69) is 114 Å². The van der Waals surface area contributed by atoms with E-state index in [-0.39, 0.29) is 59.1 Å². The first-order valence-electron chi connectivity index (χ1n) is 22.9. The summed E-state index contributed by atoms with van der Waals surface area (Å²) >= 11 is 0. The molecule has 346 valence electrons. The maximum absolute atomic E-state index is 13.7. The number of nitrogens with zero attached hydrogens (tertiary/aromatic N) is 3. The highest BCUT2D eigenvalue weighted by atomic mass is 16.5. The Morgan fingerprint density at radius 2 is 1.14 bits per heavy atom. The third-order valence-electron chi connectivity index (χ3n) is 13.2. The van der Waals surface area contributed by atoms with Crippen LogP contribution in [0, 0.1) is 11.8 Å². The van der Waals surface area contributed by atoms with Crippen LogP contribution in [0.5, 0.6) is 0 Å². The van der Waals surface area contributed by atoms with Gasteiger partial charge in [-0.1, -0.05) is 84.9 Å². The number of anilines is 3. The van der Waals surface area contributed by atoms with Crippen molar-refractivity contribution >= 4 is 47.0 Å². The van der Waals surface area contributed by atoms with E-state index < -0.39 is 24.3 Å². The number of amides is 5. The van der Waals surface area contributed by atoms with Gasteiger partial charge >= 0.3 is 12.2 Å². The number of rotatable bonds is 14. The van der Waals surface area contributed by atoms with Gasteiger partial charge in [0.15, 0.2) is 0 Å². The van der Waals surface area contributed by atoms with E-state index in [1.54, 1.807) is 4.90 Å². The molecule has 0 aliphatic carbocycles. The highest BCUT2D eigenvalue weighted by Crippen LogP contribution is 2.47. The fraction of sp³-hybridized carbons (Fsp3) is 0.540. The smallest absolute Gasteiger partial charge is 0.407 e. The van der Waals surface area contributed by atoms with Crippen LogP contribution in [-0.4, -0.2) is 97.7 Å². The maximum atomic E-state index is 13.7. The number of carbonyl (C=O) groups excluding carboxylic acids is 5. The summed E-state index contributed by atoms with van der Waals surface area (Å²) in [5, 5.41) is 11.8. The van der Waals surface area contributed by atoms with Crippen molar-refractivity contribution in [3.8, 4) is 0 Å². The topological polar surface area (TPSA) is 162 Å². The molecule has 64 heavy (non-hydrogen) atoms. The lowest BCUT2D eigenvalue weighted by Gasteiger charge is -2.34. The SMILES string of the molecule is COC(=O)N[C@H](C(=O)N1CCC[C@H]1C(=O)Nc1ccc([C@@H]2CC[C@@H](c3ccc(NC(=O)[C@@H]4CCCN4C[C@@H](NC(=O)OC)C(C)C)cc3)N2c2ccc(C(C)(C)C)cc2)cc1)C(C)C. The summed E-state index contributed by atoms with van der Waals surface area (Å²) in [6, 6.07) is 23.3. The minimum absolute atomic E-state index is 0.00732. The lowest BCUT2D eigenvalue weighted by atomic mass is 9.87. The molecule has 0 spiro atoms. The number of benzene rings is 3. The first-order valence-corrected chi connectivity index (χ1v) is 22.9. The predicted octanol–water partition coefficient (Wildman–Crippen LogP) is 8.16. The van der Waals surface area contributed by atoms with Crippen molar-refractivity contribution in [3.63, 3.8) is 0 Å². The highest BCUT2D eigenvalue weighted by molar-refractivity contribution is 5.99. The quantitative estimate of drug-likeness (QED) is 0.125. The van der Waals surface area contributed by atoms with Crippen molar-refractivity contribution in [3.05, 3.63) is 89.5 Å². The van der Waals surface area contributed by atoms with E-state index in [1.165, 1.54) is 19.8 Å². The van der Waals surface area contributed by atoms with Gasteiger partial charge in [-0.05, 0) is 115 Å². The van der Waals surface area contributed by atoms with Crippen LogP contribution in [0.15, 0.2) is 72.8 Å². The van der Waals surface area contributed by atoms with Crippen molar-refractivity contribution < 1.29 is 33.4 Å². The molecule has 3 saturated heterocycles. The maximum Gasteiger partial charge on any atom is 0.407 e. The number of methoxy groups -OCH3 is 2. The van der Waals surface area contributed by atoms with E-state index in [1.807, 2.05) is 38.1 Å². The minimum atomic E-state index is -0.803. The van der Waals surface area contributed by atoms with Crippen LogP contribution in [-0.2, 0) is 29.3 Å². The zero-order chi connectivity index (χ0) is 46.3. The molecule has 4 N–H and O–H groups in total. The first-order chi connectivity index (χ1) is 30.5. The molecule has 3 aliphatic rings. The Hall–Kier alpha value is -5.63. The Morgan fingerprint density at radius 1 is 0.641 bits per heavy atom. The highest BCUT2D eigenvalue weighted by Gasteiger charge is 2.40. The molecule has 5 amide bonds. The van der Waals surface area contributed by atoms with Crippen LogP contribution < -0.4 is 26.2 Å². The molecule has 14 nitrogen and oxygen atoms in total. The van der Waals surface area contributed by atoms with Crippen molar-refractivity contribution in [2.24, 2.45) is 11.8 Å². The number of carbonyl (C=O) groups is 5. The van der Waals surface area contributed by atoms with Gasteiger partial charge in [-0.15, -0.1) is 0 Å². The summed E-state index contributed by atoms with van der Waals surface area (Å²) in [5.74, 6) is -0.615. The molecule has 14 heteroatoms. The van der Waals surface area contributed by atoms with E-state index in [9.17, 15) is 24.0 Å². The average Bonchev–Trinajstić information content (AvgIpc) is 4.06. The van der Waals surface area contributed by atoms with Gasteiger partial charge < -0.3 is 40.5 Å². The van der Waals surface area contributed by atoms with Gasteiger partial charge in [-0.2, -0.15) is 0 Å². The van der Waals surface area contributed by atoms with Gasteiger partial charge in [0, 0.05) is 36.2 Å². The van der Waals surface area contributed by atoms with Crippen LogP contribution in [0.3, 0.4) is 0 Å². The van der Waals surface area contributed by atoms with E-state index in [0.29, 0.717) is 31.6 Å². The van der Waals surface area contributed by atoms with Crippen molar-refractivity contribution in [1.29, 1.82) is 0 Å². The fourth-order valence-corrected chi connectivity index (χ4v) is 9.40. The van der Waals surface area contributed by atoms with Gasteiger partial charge in [0.25, 0.3) is 0 Å². The summed E-state index contributed by atoms with van der Waals surface area (Å²) in [4.78, 5) is 71.2. The number of ether oxygens (including phenoxy) is 2. The lowest BCUT2D eigenvalue weighted by molar-refractivity contribution is -0.139. The van der Waals surface area contributed by atoms with Crippen LogP contribution in [0.2, 0.25) is 0 Å². The third kappa shape index (κ3) is 11.4. The molecule has 0 bridgehead atoms. The summed E-state index contributed by atoms with van der Waals surface area (Å²) in [6.07, 6.45) is 3.56. The van der Waals surface area contributed by atoms with Gasteiger partial charge in [-0.3, -0.25) is 19.3 Å². The average molecular weight is 880 g/mol. The molecule has 3 aromatic rings. The molecule has 3 aromatic carbocycles. The summed E-state index contributed by atoms with van der Waals surface area (Å²) < 4.78 is 9.60. The normalized spacial score (nSPS) is 21.1. The molecule has 3 fully saturated rings. The molecular weight excluding hydrogens is 811 g/mol. The first kappa shape index (κ1) is 47.8. The minimum Gasteiger partial charge on any atom is -0.453 e. The summed E-state index contributed by atoms with van der Waals surface area (Å²) in [7, 11) is 2.62. The molecule has 6 atom stereocenters. The second-order valence-corrected chi connectivity index (χ2v) is 19.2. The monoisotopic (exact) mass is 880 g/mol. The zero-order valence-electron chi connectivity index (χ0n) is 39.1. The van der Waals surface area contributed by atoms with Gasteiger partial charge in [-0.25, -0.2) is 9.59 Å². The molecule has 0 unspecified atom stereocenters. The number of nitrogens with one attached hydrogen (secondary N) is 4. The van der Waals surface area contributed by atoms with Crippen LogP contribution in [0.1, 0.15) is 116 Å². The van der Waals surface area contributed by atoms with Gasteiger partial charge in [0.05, 0.1) is 32.3 Å². The molecule has 3 aliphatic heterocycles. The van der Waals surface area contributed by atoms with Crippen molar-refractivity contribution in [2.75, 3.05) is 49.4 Å². The van der Waals surface area contributed by atoms with Gasteiger partial charge in [0.1, 0.15) is 12.1 Å². The second-order valence-electron chi connectivity index (χ2n) is 19.2. The van der Waals surface area contributed by atoms with Crippen LogP contribution >= 0.6 is 0 Å². The molecule has 0 saturated carbocycles. The Kier molecular flexibility index (Phi) is 15.6. The number of hydrogen-bond donors (Lipinski definition) is 4. The standard InChI is InChI=1S/C50H69N7O7/c1-31(2)39(53-48(61)63-8)30-55-28-10-12-42(55)45(58)51-36-20-14-33(15-21-36)40-26-27-41(57(40)38-24-18-35(19-25-38)50(5,6)7)34-16-22-37(23-17-34)52-46(59)43-13-11-29-56(43)47(60)44(32(3)4)54-49(62)64-9/h14-25,31-32,39-44H,10-13,26-30H2,1-9H3,(H,51,58)(H,52,59)(H,53,61)(H,54,62)/t39-,40+,41+,42+,43+,44+/m1/s1. The predicted molar refractivity (Wildman–Crippen MR) is 250 cm³/mol. The summed E-state index contributed by atoms with van der Waals surface area (Å²) in [5.41, 5.74) is 6.04. The van der Waals surface area contributed by atoms with E-state index in [0.717, 1.165) is 54.7 Å². The molecular formula is C50H69N7O7. The number of hydrogen-bond acceptors (Lipinski definition) is 9. The van der Waals surface area contributed by atoms with E-state index >= 15 is 0 Å². The Labute approximate surface area is 379 Å². The van der Waals surface area contributed by atoms with E-state index in [4.69, 9.17) is 9.47 Å². The molecule has 0 radical (unpaired) electrons. The molecule has 3 heterocycles. The lowest BCUT2D eigenvalue weighted by Crippen LogP contribution is -2.54. The number of likely N-dealkylation sites (tertiary alicyclic amines) is 2. The largest absolute Gasteiger partial charge is 0.453 e. The Balaban J connectivity index is 1.16. The summed E-state index contributed by atoms with van der Waals surface area (Å²) in [6.45, 7) is 16.2. The third-order valence-corrected chi connectivity index (χ3v) is 13.2. The second kappa shape index (κ2) is 20.9. The van der Waals surface area contributed by atoms with Crippen LogP contribution in [0.4, 0.5) is 26.7 Å². The Bertz CT molecular complexity index is 2080. The van der Waals surface area contributed by atoms with Gasteiger partial charge in [0.2, 0.25) is 17.7 Å². The zero-order valence-corrected chi connectivity index (χ0v) is 39.1.